The zero-order valence-electron chi connectivity index (χ0n) is 12.0. The normalized spacial score (nSPS) is 22.6. The molecule has 0 radical (unpaired) electrons. The van der Waals surface area contributed by atoms with Gasteiger partial charge in [-0.2, -0.15) is 0 Å². The smallest absolute Gasteiger partial charge is 0.223 e. The highest BCUT2D eigenvalue weighted by Gasteiger charge is 2.43. The van der Waals surface area contributed by atoms with Gasteiger partial charge in [-0.25, -0.2) is 0 Å². The summed E-state index contributed by atoms with van der Waals surface area (Å²) < 4.78 is 0. The molecule has 1 amide bonds. The first kappa shape index (κ1) is 15.3. The highest BCUT2D eigenvalue weighted by atomic mass is 35.5. The second-order valence-electron chi connectivity index (χ2n) is 5.89. The lowest BCUT2D eigenvalue weighted by Crippen LogP contribution is -2.30. The lowest BCUT2D eigenvalue weighted by molar-refractivity contribution is -0.122. The fourth-order valence-electron chi connectivity index (χ4n) is 2.37. The minimum Gasteiger partial charge on any atom is -0.393 e. The molecule has 3 unspecified atom stereocenters. The molecule has 1 saturated carbocycles. The van der Waals surface area contributed by atoms with Crippen molar-refractivity contribution in [2.24, 2.45) is 11.8 Å². The fourth-order valence-corrected chi connectivity index (χ4v) is 2.50. The summed E-state index contributed by atoms with van der Waals surface area (Å²) in [6, 6.07) is 7.71. The zero-order valence-corrected chi connectivity index (χ0v) is 12.7. The van der Waals surface area contributed by atoms with Gasteiger partial charge >= 0.3 is 0 Å². The number of carbonyl (C=O) groups excluding carboxylic acids is 1. The average molecular weight is 296 g/mol. The van der Waals surface area contributed by atoms with Crippen LogP contribution in [0, 0.1) is 11.8 Å². The Labute approximate surface area is 125 Å². The average Bonchev–Trinajstić information content (AvgIpc) is 3.19. The number of rotatable bonds is 6. The predicted molar refractivity (Wildman–Crippen MR) is 80.8 cm³/mol. The van der Waals surface area contributed by atoms with Gasteiger partial charge in [-0.3, -0.25) is 4.79 Å². The van der Waals surface area contributed by atoms with Crippen molar-refractivity contribution < 1.29 is 9.90 Å². The number of aliphatic hydroxyl groups excluding tert-OH is 1. The molecule has 1 aliphatic rings. The third-order valence-electron chi connectivity index (χ3n) is 3.93. The molecule has 0 bridgehead atoms. The van der Waals surface area contributed by atoms with Gasteiger partial charge in [0, 0.05) is 17.5 Å². The van der Waals surface area contributed by atoms with E-state index in [0.29, 0.717) is 18.9 Å². The molecule has 3 nitrogen and oxygen atoms in total. The molecule has 0 saturated heterocycles. The zero-order chi connectivity index (χ0) is 14.7. The Morgan fingerprint density at radius 2 is 2.05 bits per heavy atom. The quantitative estimate of drug-likeness (QED) is 0.848. The third kappa shape index (κ3) is 3.97. The fraction of sp³-hybridized carbons (Fsp3) is 0.562. The van der Waals surface area contributed by atoms with Crippen molar-refractivity contribution in [2.75, 3.05) is 6.54 Å². The molecule has 3 atom stereocenters. The highest BCUT2D eigenvalue weighted by molar-refractivity contribution is 6.30. The van der Waals surface area contributed by atoms with E-state index in [1.165, 1.54) is 5.56 Å². The van der Waals surface area contributed by atoms with Gasteiger partial charge in [-0.05, 0) is 42.4 Å². The predicted octanol–water partition coefficient (Wildman–Crippen LogP) is 2.97. The van der Waals surface area contributed by atoms with E-state index in [2.05, 4.69) is 5.32 Å². The van der Waals surface area contributed by atoms with Crippen LogP contribution < -0.4 is 5.32 Å². The van der Waals surface area contributed by atoms with Crippen molar-refractivity contribution in [2.45, 2.75) is 38.7 Å². The topological polar surface area (TPSA) is 49.3 Å². The van der Waals surface area contributed by atoms with Crippen molar-refractivity contribution in [3.63, 3.8) is 0 Å². The highest BCUT2D eigenvalue weighted by Crippen LogP contribution is 2.47. The van der Waals surface area contributed by atoms with E-state index < -0.39 is 0 Å². The summed E-state index contributed by atoms with van der Waals surface area (Å²) in [4.78, 5) is 12.0. The van der Waals surface area contributed by atoms with Gasteiger partial charge in [0.15, 0.2) is 0 Å². The van der Waals surface area contributed by atoms with Crippen LogP contribution in [0.25, 0.3) is 0 Å². The van der Waals surface area contributed by atoms with E-state index in [9.17, 15) is 9.90 Å². The van der Waals surface area contributed by atoms with Gasteiger partial charge in [0.05, 0.1) is 6.10 Å². The first-order chi connectivity index (χ1) is 9.49. The van der Waals surface area contributed by atoms with Crippen LogP contribution in [0.4, 0.5) is 0 Å². The summed E-state index contributed by atoms with van der Waals surface area (Å²) in [6.45, 7) is 4.50. The molecule has 0 aliphatic heterocycles. The second kappa shape index (κ2) is 6.59. The summed E-state index contributed by atoms with van der Waals surface area (Å²) >= 11 is 5.86. The molecule has 4 heteroatoms. The standard InChI is InChI=1S/C16H22ClNO2/c1-10(2)15(19)7-8-18-16(20)14-9-13(14)11-3-5-12(17)6-4-11/h3-6,10,13-15,19H,7-9H2,1-2H3,(H,18,20). The Kier molecular flexibility index (Phi) is 5.06. The number of carbonyl (C=O) groups is 1. The minimum absolute atomic E-state index is 0.0763. The van der Waals surface area contributed by atoms with Gasteiger partial charge in [0.1, 0.15) is 0 Å². The van der Waals surface area contributed by atoms with Crippen molar-refractivity contribution in [1.82, 2.24) is 5.32 Å². The number of aliphatic hydroxyl groups is 1. The van der Waals surface area contributed by atoms with E-state index in [-0.39, 0.29) is 23.8 Å². The molecule has 1 aromatic carbocycles. The number of nitrogens with one attached hydrogen (secondary N) is 1. The van der Waals surface area contributed by atoms with Crippen LogP contribution in [-0.2, 0) is 4.79 Å². The first-order valence-electron chi connectivity index (χ1n) is 7.20. The van der Waals surface area contributed by atoms with Crippen molar-refractivity contribution in [3.8, 4) is 0 Å². The number of amides is 1. The molecule has 1 aromatic rings. The van der Waals surface area contributed by atoms with Crippen LogP contribution in [0.1, 0.15) is 38.2 Å². The van der Waals surface area contributed by atoms with Gasteiger partial charge in [0.2, 0.25) is 5.91 Å². The molecule has 20 heavy (non-hydrogen) atoms. The maximum Gasteiger partial charge on any atom is 0.223 e. The van der Waals surface area contributed by atoms with Gasteiger partial charge in [0.25, 0.3) is 0 Å². The van der Waals surface area contributed by atoms with Crippen molar-refractivity contribution >= 4 is 17.5 Å². The van der Waals surface area contributed by atoms with Crippen LogP contribution in [0.3, 0.4) is 0 Å². The van der Waals surface area contributed by atoms with Crippen LogP contribution in [0.15, 0.2) is 24.3 Å². The molecular formula is C16H22ClNO2. The Hall–Kier alpha value is -1.06. The van der Waals surface area contributed by atoms with E-state index in [0.717, 1.165) is 11.4 Å². The van der Waals surface area contributed by atoms with Gasteiger partial charge in [-0.15, -0.1) is 0 Å². The van der Waals surface area contributed by atoms with Crippen LogP contribution >= 0.6 is 11.6 Å². The first-order valence-corrected chi connectivity index (χ1v) is 7.58. The molecule has 0 heterocycles. The van der Waals surface area contributed by atoms with E-state index in [4.69, 9.17) is 11.6 Å². The monoisotopic (exact) mass is 295 g/mol. The maximum atomic E-state index is 12.0. The third-order valence-corrected chi connectivity index (χ3v) is 4.19. The molecule has 110 valence electrons. The summed E-state index contributed by atoms with van der Waals surface area (Å²) in [5, 5.41) is 13.3. The second-order valence-corrected chi connectivity index (χ2v) is 6.33. The van der Waals surface area contributed by atoms with Gasteiger partial charge in [-0.1, -0.05) is 37.6 Å². The van der Waals surface area contributed by atoms with E-state index in [1.54, 1.807) is 0 Å². The minimum atomic E-state index is -0.346. The number of halogens is 1. The number of hydrogen-bond acceptors (Lipinski definition) is 2. The summed E-state index contributed by atoms with van der Waals surface area (Å²) in [5.74, 6) is 0.727. The lowest BCUT2D eigenvalue weighted by atomic mass is 10.0. The summed E-state index contributed by atoms with van der Waals surface area (Å²) in [7, 11) is 0. The Morgan fingerprint density at radius 1 is 1.40 bits per heavy atom. The summed E-state index contributed by atoms with van der Waals surface area (Å²) in [6.07, 6.45) is 1.17. The molecule has 2 N–H and O–H groups in total. The molecule has 1 fully saturated rings. The van der Waals surface area contributed by atoms with Crippen molar-refractivity contribution in [3.05, 3.63) is 34.9 Å². The van der Waals surface area contributed by atoms with Crippen LogP contribution in [-0.4, -0.2) is 23.7 Å². The lowest BCUT2D eigenvalue weighted by Gasteiger charge is -2.14. The molecular weight excluding hydrogens is 274 g/mol. The van der Waals surface area contributed by atoms with E-state index in [1.807, 2.05) is 38.1 Å². The van der Waals surface area contributed by atoms with Gasteiger partial charge < -0.3 is 10.4 Å². The molecule has 1 aliphatic carbocycles. The number of benzene rings is 1. The largest absolute Gasteiger partial charge is 0.393 e. The Morgan fingerprint density at radius 3 is 2.65 bits per heavy atom. The SMILES string of the molecule is CC(C)C(O)CCNC(=O)C1CC1c1ccc(Cl)cc1. The Bertz CT molecular complexity index is 458. The molecule has 0 spiro atoms. The van der Waals surface area contributed by atoms with E-state index >= 15 is 0 Å². The van der Waals surface area contributed by atoms with Crippen molar-refractivity contribution in [1.29, 1.82) is 0 Å². The number of hydrogen-bond donors (Lipinski definition) is 2. The van der Waals surface area contributed by atoms with Crippen LogP contribution in [0.2, 0.25) is 5.02 Å². The molecule has 0 aromatic heterocycles. The molecule has 2 rings (SSSR count). The van der Waals surface area contributed by atoms with Crippen LogP contribution in [0.5, 0.6) is 0 Å². The summed E-state index contributed by atoms with van der Waals surface area (Å²) in [5.41, 5.74) is 1.18. The Balaban J connectivity index is 1.74. The maximum absolute atomic E-state index is 12.0.